The number of methoxy groups -OCH3 is 2. The van der Waals surface area contributed by atoms with Crippen LogP contribution in [-0.4, -0.2) is 85.2 Å². The molecule has 2 N–H and O–H groups in total. The predicted octanol–water partition coefficient (Wildman–Crippen LogP) is 11.9. The van der Waals surface area contributed by atoms with E-state index >= 15 is 0 Å². The molecule has 0 unspecified atom stereocenters. The molecule has 0 spiro atoms. The molecule has 0 saturated carbocycles. The molecule has 52 heavy (non-hydrogen) atoms. The first kappa shape index (κ1) is 53.3. The average molecular weight is 795 g/mol. The van der Waals surface area contributed by atoms with E-state index in [1.807, 2.05) is 0 Å². The van der Waals surface area contributed by atoms with Crippen LogP contribution >= 0.6 is 22.1 Å². The van der Waals surface area contributed by atoms with E-state index in [4.69, 9.17) is 9.79 Å². The first-order chi connectivity index (χ1) is 24.8. The van der Waals surface area contributed by atoms with Gasteiger partial charge in [-0.15, -0.1) is 0 Å². The van der Waals surface area contributed by atoms with Crippen molar-refractivity contribution < 1.29 is 33.4 Å². The fourth-order valence-electron chi connectivity index (χ4n) is 7.16. The third kappa shape index (κ3) is 23.8. The van der Waals surface area contributed by atoms with Crippen molar-refractivity contribution in [3.05, 3.63) is 29.3 Å². The minimum atomic E-state index is -4.59. The smallest absolute Gasteiger partial charge is 0.356 e. The third-order valence-electron chi connectivity index (χ3n) is 10.6. The van der Waals surface area contributed by atoms with Crippen LogP contribution in [0.4, 0.5) is 0 Å². The van der Waals surface area contributed by atoms with Gasteiger partial charge < -0.3 is 19.3 Å². The van der Waals surface area contributed by atoms with Gasteiger partial charge in [0.15, 0.2) is 0 Å². The maximum Gasteiger partial charge on any atom is 0.356 e. The van der Waals surface area contributed by atoms with Crippen LogP contribution in [0.3, 0.4) is 0 Å². The molecule has 310 valence electrons. The molecule has 0 aliphatic rings. The summed E-state index contributed by atoms with van der Waals surface area (Å²) in [6.07, 6.45) is 36.3. The molecule has 1 rings (SSSR count). The number of hydrogen-bond acceptors (Lipinski definition) is 5. The number of ether oxygens (including phenoxy) is 2. The molecule has 0 atom stereocenters. The third-order valence-corrected chi connectivity index (χ3v) is 22.8. The number of carbonyl (C=O) groups excluding carboxylic acids is 2. The molecule has 0 fully saturated rings. The van der Waals surface area contributed by atoms with Crippen molar-refractivity contribution in [2.45, 2.75) is 158 Å². The summed E-state index contributed by atoms with van der Waals surface area (Å²) in [6.45, 7) is 18.9. The van der Waals surface area contributed by atoms with Gasteiger partial charge in [0.1, 0.15) is 0 Å². The number of carbonyl (C=O) groups is 2. The number of rotatable bonds is 27. The standard InChI is InChI=1S/2C16H37P.C10H11O7P/c2*1-5-9-13-17(14-10-6-2,15-11-7-3)16-12-8-4;1-16-9(11)6-3-7(10(12)17-2)5-8(4-6)18(13,14)15/h2*17H,5-16H2,1-4H3;3-5H,1-2H3,(H2,13,14,15). The summed E-state index contributed by atoms with van der Waals surface area (Å²) >= 11 is 0. The maximum absolute atomic E-state index is 11.3. The zero-order valence-corrected chi connectivity index (χ0v) is 38.5. The van der Waals surface area contributed by atoms with Crippen molar-refractivity contribution >= 4 is 39.4 Å². The van der Waals surface area contributed by atoms with Crippen LogP contribution in [0.1, 0.15) is 179 Å². The molecular weight excluding hydrogens is 709 g/mol. The van der Waals surface area contributed by atoms with Crippen molar-refractivity contribution in [1.82, 2.24) is 0 Å². The Kier molecular flexibility index (Phi) is 33.2. The van der Waals surface area contributed by atoms with E-state index in [2.05, 4.69) is 64.9 Å². The van der Waals surface area contributed by atoms with E-state index in [0.29, 0.717) is 0 Å². The Balaban J connectivity index is 0. The Bertz CT molecular complexity index is 944. The van der Waals surface area contributed by atoms with Crippen LogP contribution < -0.4 is 5.30 Å². The molecule has 0 aliphatic carbocycles. The van der Waals surface area contributed by atoms with Crippen LogP contribution in [0.2, 0.25) is 0 Å². The Morgan fingerprint density at radius 2 is 0.692 bits per heavy atom. The molecule has 1 aromatic rings. The first-order valence-corrected chi connectivity index (χ1v) is 28.4. The Morgan fingerprint density at radius 3 is 0.846 bits per heavy atom. The van der Waals surface area contributed by atoms with Gasteiger partial charge in [0, 0.05) is 0 Å². The second-order valence-corrected chi connectivity index (χ2v) is 26.7. The van der Waals surface area contributed by atoms with Gasteiger partial charge in [-0.3, -0.25) is 4.57 Å². The van der Waals surface area contributed by atoms with E-state index in [-0.39, 0.29) is 11.1 Å². The average Bonchev–Trinajstić information content (AvgIpc) is 3.16. The van der Waals surface area contributed by atoms with E-state index in [1.54, 1.807) is 49.3 Å². The maximum atomic E-state index is 11.3. The number of unbranched alkanes of at least 4 members (excludes halogenated alkanes) is 8. The largest absolute Gasteiger partial charge is 0.465 e. The molecule has 0 radical (unpaired) electrons. The summed E-state index contributed by atoms with van der Waals surface area (Å²) in [5.74, 6) is -1.62. The fraction of sp³-hybridized carbons (Fsp3) is 0.810. The Labute approximate surface area is 322 Å². The van der Waals surface area contributed by atoms with Crippen molar-refractivity contribution in [3.63, 3.8) is 0 Å². The molecular formula is C42H85O7P3. The van der Waals surface area contributed by atoms with Crippen LogP contribution in [-0.2, 0) is 14.0 Å². The van der Waals surface area contributed by atoms with Crippen LogP contribution in [0.25, 0.3) is 0 Å². The van der Waals surface area contributed by atoms with Crippen LogP contribution in [0.5, 0.6) is 0 Å². The van der Waals surface area contributed by atoms with Crippen LogP contribution in [0, 0.1) is 0 Å². The summed E-state index contributed by atoms with van der Waals surface area (Å²) in [5, 5.41) is -0.453. The van der Waals surface area contributed by atoms with Crippen LogP contribution in [0.15, 0.2) is 18.2 Å². The Morgan fingerprint density at radius 1 is 0.481 bits per heavy atom. The number of benzene rings is 1. The molecule has 10 heteroatoms. The SMILES string of the molecule is CCCC[PH](CCCC)(CCCC)CCCC.CCCC[PH](CCCC)(CCCC)CCCC.COC(=O)c1cc(C(=O)OC)cc(P(=O)(O)O)c1. The summed E-state index contributed by atoms with van der Waals surface area (Å²) in [7, 11) is -4.12. The summed E-state index contributed by atoms with van der Waals surface area (Å²) in [5.41, 5.74) is -0.280. The first-order valence-electron chi connectivity index (χ1n) is 21.2. The van der Waals surface area contributed by atoms with Gasteiger partial charge in [0.05, 0.1) is 30.7 Å². The predicted molar refractivity (Wildman–Crippen MR) is 236 cm³/mol. The topological polar surface area (TPSA) is 110 Å². The van der Waals surface area contributed by atoms with Gasteiger partial charge in [-0.1, -0.05) is 0 Å². The molecule has 0 bridgehead atoms. The van der Waals surface area contributed by atoms with Crippen molar-refractivity contribution in [2.75, 3.05) is 63.5 Å². The quantitative estimate of drug-likeness (QED) is 0.0674. The molecule has 7 nitrogen and oxygen atoms in total. The minimum Gasteiger partial charge on any atom is -0.465 e. The second-order valence-electron chi connectivity index (χ2n) is 15.1. The van der Waals surface area contributed by atoms with Gasteiger partial charge in [0.25, 0.3) is 0 Å². The summed E-state index contributed by atoms with van der Waals surface area (Å²) in [4.78, 5) is 40.8. The molecule has 0 aromatic heterocycles. The van der Waals surface area contributed by atoms with Crippen molar-refractivity contribution in [1.29, 1.82) is 0 Å². The number of hydrogen-bond donors (Lipinski definition) is 2. The van der Waals surface area contributed by atoms with Gasteiger partial charge in [-0.2, -0.15) is 0 Å². The van der Waals surface area contributed by atoms with E-state index in [0.717, 1.165) is 32.4 Å². The summed E-state index contributed by atoms with van der Waals surface area (Å²) < 4.78 is 20.0. The summed E-state index contributed by atoms with van der Waals surface area (Å²) in [6, 6.07) is 3.08. The molecule has 0 saturated heterocycles. The number of esters is 2. The zero-order valence-electron chi connectivity index (χ0n) is 35.6. The minimum absolute atomic E-state index is 0.140. The zero-order chi connectivity index (χ0) is 39.9. The molecule has 1 aromatic carbocycles. The van der Waals surface area contributed by atoms with Gasteiger partial charge in [0.2, 0.25) is 0 Å². The molecule has 0 aliphatic heterocycles. The second kappa shape index (κ2) is 32.4. The molecule has 0 amide bonds. The van der Waals surface area contributed by atoms with Crippen molar-refractivity contribution in [2.24, 2.45) is 0 Å². The van der Waals surface area contributed by atoms with E-state index in [9.17, 15) is 14.2 Å². The van der Waals surface area contributed by atoms with Gasteiger partial charge in [-0.05, 0) is 18.2 Å². The molecule has 0 heterocycles. The van der Waals surface area contributed by atoms with Gasteiger partial charge >= 0.3 is 241 Å². The van der Waals surface area contributed by atoms with Gasteiger partial charge in [-0.25, -0.2) is 9.59 Å². The van der Waals surface area contributed by atoms with Crippen molar-refractivity contribution in [3.8, 4) is 0 Å². The Hall–Kier alpha value is -0.830. The van der Waals surface area contributed by atoms with E-state index < -0.39 is 39.4 Å². The monoisotopic (exact) mass is 795 g/mol. The van der Waals surface area contributed by atoms with E-state index in [1.165, 1.54) is 103 Å². The normalized spacial score (nSPS) is 12.2. The fourth-order valence-corrected chi connectivity index (χ4v) is 19.6.